The fourth-order valence-corrected chi connectivity index (χ4v) is 2.78. The molecule has 0 spiro atoms. The van der Waals surface area contributed by atoms with Crippen LogP contribution in [-0.4, -0.2) is 36.3 Å². The Morgan fingerprint density at radius 3 is 2.65 bits per heavy atom. The van der Waals surface area contributed by atoms with Gasteiger partial charge in [-0.25, -0.2) is 0 Å². The van der Waals surface area contributed by atoms with Crippen LogP contribution in [0.15, 0.2) is 28.7 Å². The lowest BCUT2D eigenvalue weighted by Crippen LogP contribution is -2.42. The minimum absolute atomic E-state index is 0.00175. The lowest BCUT2D eigenvalue weighted by atomic mass is 9.96. The number of carbonyl (C=O) groups is 2. The zero-order valence-electron chi connectivity index (χ0n) is 11.1. The van der Waals surface area contributed by atoms with Crippen molar-refractivity contribution in [1.82, 2.24) is 4.90 Å². The molecule has 0 unspecified atom stereocenters. The van der Waals surface area contributed by atoms with Crippen molar-refractivity contribution in [3.63, 3.8) is 0 Å². The van der Waals surface area contributed by atoms with Crippen molar-refractivity contribution in [3.05, 3.63) is 28.7 Å². The molecule has 6 heteroatoms. The third-order valence-electron chi connectivity index (χ3n) is 3.43. The van der Waals surface area contributed by atoms with E-state index in [-0.39, 0.29) is 24.3 Å². The molecule has 0 atom stereocenters. The molecule has 1 fully saturated rings. The number of carbonyl (C=O) groups excluding carboxylic acids is 2. The van der Waals surface area contributed by atoms with Crippen molar-refractivity contribution in [2.45, 2.75) is 12.8 Å². The SMILES string of the molecule is NC(=O)CN1CCC(C(=O)Nc2cccc(Br)c2)CC1. The summed E-state index contributed by atoms with van der Waals surface area (Å²) in [7, 11) is 0. The topological polar surface area (TPSA) is 75.4 Å². The van der Waals surface area contributed by atoms with E-state index in [2.05, 4.69) is 21.2 Å². The van der Waals surface area contributed by atoms with Crippen molar-refractivity contribution in [2.75, 3.05) is 25.0 Å². The second kappa shape index (κ2) is 6.85. The standard InChI is InChI=1S/C14H18BrN3O2/c15-11-2-1-3-12(8-11)17-14(20)10-4-6-18(7-5-10)9-13(16)19/h1-3,8,10H,4-7,9H2,(H2,16,19)(H,17,20). The molecule has 0 bridgehead atoms. The molecule has 0 aromatic heterocycles. The van der Waals surface area contributed by atoms with Crippen LogP contribution in [-0.2, 0) is 9.59 Å². The summed E-state index contributed by atoms with van der Waals surface area (Å²) in [6.45, 7) is 1.75. The summed E-state index contributed by atoms with van der Waals surface area (Å²) in [6, 6.07) is 7.54. The Morgan fingerprint density at radius 1 is 1.35 bits per heavy atom. The Bertz CT molecular complexity index is 499. The van der Waals surface area contributed by atoms with Crippen molar-refractivity contribution >= 4 is 33.4 Å². The fourth-order valence-electron chi connectivity index (χ4n) is 2.38. The highest BCUT2D eigenvalue weighted by molar-refractivity contribution is 9.10. The maximum absolute atomic E-state index is 12.2. The number of benzene rings is 1. The van der Waals surface area contributed by atoms with E-state index in [4.69, 9.17) is 5.73 Å². The van der Waals surface area contributed by atoms with Gasteiger partial charge in [-0.3, -0.25) is 14.5 Å². The Morgan fingerprint density at radius 2 is 2.05 bits per heavy atom. The second-order valence-electron chi connectivity index (χ2n) is 5.02. The van der Waals surface area contributed by atoms with E-state index in [0.29, 0.717) is 0 Å². The van der Waals surface area contributed by atoms with E-state index in [1.54, 1.807) is 0 Å². The van der Waals surface area contributed by atoms with Gasteiger partial charge in [-0.1, -0.05) is 22.0 Å². The summed E-state index contributed by atoms with van der Waals surface area (Å²) < 4.78 is 0.937. The van der Waals surface area contributed by atoms with Crippen LogP contribution in [0.1, 0.15) is 12.8 Å². The van der Waals surface area contributed by atoms with Gasteiger partial charge in [-0.15, -0.1) is 0 Å². The van der Waals surface area contributed by atoms with Crippen LogP contribution in [0.4, 0.5) is 5.69 Å². The molecule has 1 aromatic rings. The number of anilines is 1. The molecular weight excluding hydrogens is 322 g/mol. The van der Waals surface area contributed by atoms with Gasteiger partial charge in [-0.2, -0.15) is 0 Å². The maximum Gasteiger partial charge on any atom is 0.231 e. The van der Waals surface area contributed by atoms with Crippen molar-refractivity contribution < 1.29 is 9.59 Å². The minimum atomic E-state index is -0.318. The molecule has 1 aromatic carbocycles. The first kappa shape index (κ1) is 15.0. The van der Waals surface area contributed by atoms with Crippen LogP contribution >= 0.6 is 15.9 Å². The predicted molar refractivity (Wildman–Crippen MR) is 81.1 cm³/mol. The Balaban J connectivity index is 1.84. The first-order chi connectivity index (χ1) is 9.54. The summed E-state index contributed by atoms with van der Waals surface area (Å²) in [5, 5.41) is 2.93. The number of rotatable bonds is 4. The maximum atomic E-state index is 12.2. The third kappa shape index (κ3) is 4.31. The van der Waals surface area contributed by atoms with E-state index in [9.17, 15) is 9.59 Å². The average Bonchev–Trinajstić information content (AvgIpc) is 2.38. The number of hydrogen-bond acceptors (Lipinski definition) is 3. The van der Waals surface area contributed by atoms with Crippen LogP contribution < -0.4 is 11.1 Å². The van der Waals surface area contributed by atoms with Crippen LogP contribution in [0.5, 0.6) is 0 Å². The van der Waals surface area contributed by atoms with Gasteiger partial charge in [0.1, 0.15) is 0 Å². The summed E-state index contributed by atoms with van der Waals surface area (Å²) in [4.78, 5) is 25.0. The summed E-state index contributed by atoms with van der Waals surface area (Å²) >= 11 is 3.38. The molecule has 1 heterocycles. The van der Waals surface area contributed by atoms with Crippen LogP contribution in [0.2, 0.25) is 0 Å². The number of halogens is 1. The molecule has 1 aliphatic heterocycles. The van der Waals surface area contributed by atoms with Gasteiger partial charge in [0, 0.05) is 16.1 Å². The molecule has 0 aliphatic carbocycles. The van der Waals surface area contributed by atoms with Crippen molar-refractivity contribution in [2.24, 2.45) is 11.7 Å². The van der Waals surface area contributed by atoms with E-state index in [1.165, 1.54) is 0 Å². The highest BCUT2D eigenvalue weighted by Gasteiger charge is 2.25. The summed E-state index contributed by atoms with van der Waals surface area (Å²) in [5.74, 6) is -0.276. The largest absolute Gasteiger partial charge is 0.369 e. The zero-order valence-corrected chi connectivity index (χ0v) is 12.7. The first-order valence-corrected chi connectivity index (χ1v) is 7.41. The smallest absolute Gasteiger partial charge is 0.231 e. The number of nitrogens with two attached hydrogens (primary N) is 1. The molecule has 0 radical (unpaired) electrons. The fraction of sp³-hybridized carbons (Fsp3) is 0.429. The number of hydrogen-bond donors (Lipinski definition) is 2. The lowest BCUT2D eigenvalue weighted by Gasteiger charge is -2.30. The predicted octanol–water partition coefficient (Wildman–Crippen LogP) is 1.58. The molecular formula is C14H18BrN3O2. The molecule has 20 heavy (non-hydrogen) atoms. The van der Waals surface area contributed by atoms with Gasteiger partial charge in [-0.05, 0) is 44.1 Å². The van der Waals surface area contributed by atoms with Gasteiger partial charge >= 0.3 is 0 Å². The Kier molecular flexibility index (Phi) is 5.14. The van der Waals surface area contributed by atoms with Crippen LogP contribution in [0.25, 0.3) is 0 Å². The molecule has 108 valence electrons. The van der Waals surface area contributed by atoms with Gasteiger partial charge < -0.3 is 11.1 Å². The van der Waals surface area contributed by atoms with Crippen molar-refractivity contribution in [3.8, 4) is 0 Å². The molecule has 1 saturated heterocycles. The van der Waals surface area contributed by atoms with Crippen molar-refractivity contribution in [1.29, 1.82) is 0 Å². The highest BCUT2D eigenvalue weighted by atomic mass is 79.9. The molecule has 5 nitrogen and oxygen atoms in total. The third-order valence-corrected chi connectivity index (χ3v) is 3.92. The van der Waals surface area contributed by atoms with Crippen LogP contribution in [0, 0.1) is 5.92 Å². The van der Waals surface area contributed by atoms with Gasteiger partial charge in [0.15, 0.2) is 0 Å². The minimum Gasteiger partial charge on any atom is -0.369 e. The van der Waals surface area contributed by atoms with E-state index in [1.807, 2.05) is 29.2 Å². The summed E-state index contributed by atoms with van der Waals surface area (Å²) in [6.07, 6.45) is 1.51. The lowest BCUT2D eigenvalue weighted by molar-refractivity contribution is -0.122. The quantitative estimate of drug-likeness (QED) is 0.874. The van der Waals surface area contributed by atoms with Crippen LogP contribution in [0.3, 0.4) is 0 Å². The molecule has 2 rings (SSSR count). The molecule has 1 aliphatic rings. The van der Waals surface area contributed by atoms with E-state index >= 15 is 0 Å². The highest BCUT2D eigenvalue weighted by Crippen LogP contribution is 2.21. The molecule has 3 N–H and O–H groups in total. The Hall–Kier alpha value is -1.40. The second-order valence-corrected chi connectivity index (χ2v) is 5.93. The Labute approximate surface area is 126 Å². The molecule has 0 saturated carbocycles. The molecule has 2 amide bonds. The first-order valence-electron chi connectivity index (χ1n) is 6.61. The number of likely N-dealkylation sites (tertiary alicyclic amines) is 1. The van der Waals surface area contributed by atoms with Gasteiger partial charge in [0.05, 0.1) is 6.54 Å². The number of nitrogens with one attached hydrogen (secondary N) is 1. The summed E-state index contributed by atoms with van der Waals surface area (Å²) in [5.41, 5.74) is 5.97. The monoisotopic (exact) mass is 339 g/mol. The van der Waals surface area contributed by atoms with E-state index in [0.717, 1.165) is 36.1 Å². The van der Waals surface area contributed by atoms with E-state index < -0.39 is 0 Å². The normalized spacial score (nSPS) is 16.9. The number of piperidine rings is 1. The van der Waals surface area contributed by atoms with Gasteiger partial charge in [0.25, 0.3) is 0 Å². The number of nitrogens with zero attached hydrogens (tertiary/aromatic N) is 1. The number of amides is 2. The average molecular weight is 340 g/mol. The van der Waals surface area contributed by atoms with Gasteiger partial charge in [0.2, 0.25) is 11.8 Å². The number of primary amides is 1. The zero-order chi connectivity index (χ0) is 14.5.